The molecule has 26 heavy (non-hydrogen) atoms. The second-order valence-electron chi connectivity index (χ2n) is 6.31. The fraction of sp³-hybridized carbons (Fsp3) is 0.333. The third kappa shape index (κ3) is 3.87. The van der Waals surface area contributed by atoms with Crippen LogP contribution in [0.2, 0.25) is 0 Å². The maximum atomic E-state index is 4.43. The van der Waals surface area contributed by atoms with Crippen molar-refractivity contribution in [1.29, 1.82) is 0 Å². The Kier molecular flexibility index (Phi) is 5.42. The largest absolute Gasteiger partial charge is 0.384 e. The number of benzene rings is 1. The molecule has 0 amide bonds. The highest BCUT2D eigenvalue weighted by Crippen LogP contribution is 2.38. The average Bonchev–Trinajstić information content (AvgIpc) is 3.04. The Morgan fingerprint density at radius 3 is 3.04 bits per heavy atom. The summed E-state index contributed by atoms with van der Waals surface area (Å²) < 4.78 is 2.20. The molecular formula is C18H20Br2N6. The average molecular weight is 480 g/mol. The van der Waals surface area contributed by atoms with Gasteiger partial charge in [0.1, 0.15) is 0 Å². The van der Waals surface area contributed by atoms with Crippen molar-refractivity contribution < 1.29 is 0 Å². The van der Waals surface area contributed by atoms with Gasteiger partial charge in [0.25, 0.3) is 0 Å². The Balaban J connectivity index is 1.29. The summed E-state index contributed by atoms with van der Waals surface area (Å²) >= 11 is 7.24. The standard InChI is InChI=1S/C18H20Br2N6/c19-11-9-12-14(4-8-22-16(12)13(20)10-11)21-6-2-7-24-18-25-15-3-1-5-23-17(15)26-18/h1,3,5,9-10,14,21-22H,2,4,6-8H2,(H2,23,24,25,26)/t14-/m0/s1. The molecule has 0 fully saturated rings. The van der Waals surface area contributed by atoms with Gasteiger partial charge in [0.2, 0.25) is 5.95 Å². The van der Waals surface area contributed by atoms with E-state index in [1.807, 2.05) is 12.1 Å². The van der Waals surface area contributed by atoms with Gasteiger partial charge in [-0.25, -0.2) is 4.98 Å². The van der Waals surface area contributed by atoms with Crippen LogP contribution in [-0.4, -0.2) is 34.6 Å². The van der Waals surface area contributed by atoms with Crippen LogP contribution in [0.1, 0.15) is 24.4 Å². The highest BCUT2D eigenvalue weighted by atomic mass is 79.9. The zero-order valence-corrected chi connectivity index (χ0v) is 17.3. The number of halogens is 2. The molecule has 1 aliphatic heterocycles. The zero-order chi connectivity index (χ0) is 17.9. The molecule has 4 rings (SSSR count). The minimum Gasteiger partial charge on any atom is -0.384 e. The van der Waals surface area contributed by atoms with E-state index in [1.165, 1.54) is 11.3 Å². The Morgan fingerprint density at radius 1 is 1.23 bits per heavy atom. The normalized spacial score (nSPS) is 16.3. The van der Waals surface area contributed by atoms with Crippen LogP contribution in [0.25, 0.3) is 11.2 Å². The number of aromatic nitrogens is 3. The summed E-state index contributed by atoms with van der Waals surface area (Å²) in [5.74, 6) is 0.777. The van der Waals surface area contributed by atoms with Crippen molar-refractivity contribution in [2.24, 2.45) is 0 Å². The van der Waals surface area contributed by atoms with Crippen molar-refractivity contribution in [3.63, 3.8) is 0 Å². The van der Waals surface area contributed by atoms with E-state index in [0.29, 0.717) is 6.04 Å². The van der Waals surface area contributed by atoms with E-state index < -0.39 is 0 Å². The van der Waals surface area contributed by atoms with Gasteiger partial charge in [-0.15, -0.1) is 0 Å². The number of anilines is 2. The number of pyridine rings is 1. The van der Waals surface area contributed by atoms with Crippen molar-refractivity contribution in [1.82, 2.24) is 20.3 Å². The summed E-state index contributed by atoms with van der Waals surface area (Å²) in [5.41, 5.74) is 4.21. The lowest BCUT2D eigenvalue weighted by Gasteiger charge is -2.29. The smallest absolute Gasteiger partial charge is 0.202 e. The first kappa shape index (κ1) is 17.8. The number of aromatic amines is 1. The van der Waals surface area contributed by atoms with E-state index in [0.717, 1.165) is 58.5 Å². The number of imidazole rings is 1. The molecule has 3 aromatic rings. The van der Waals surface area contributed by atoms with Gasteiger partial charge in [-0.1, -0.05) is 15.9 Å². The third-order valence-corrected chi connectivity index (χ3v) is 5.57. The van der Waals surface area contributed by atoms with Crippen LogP contribution in [0, 0.1) is 0 Å². The minimum absolute atomic E-state index is 0.371. The van der Waals surface area contributed by atoms with Gasteiger partial charge in [-0.3, -0.25) is 0 Å². The van der Waals surface area contributed by atoms with Crippen molar-refractivity contribution >= 4 is 54.7 Å². The van der Waals surface area contributed by atoms with Crippen molar-refractivity contribution in [2.45, 2.75) is 18.9 Å². The molecule has 0 saturated heterocycles. The van der Waals surface area contributed by atoms with Crippen molar-refractivity contribution in [2.75, 3.05) is 30.3 Å². The SMILES string of the molecule is Brc1cc(Br)c2c(c1)[C@@H](NCCCNc1nc3ncccc3[nH]1)CCN2. The van der Waals surface area contributed by atoms with E-state index in [-0.39, 0.29) is 0 Å². The zero-order valence-electron chi connectivity index (χ0n) is 14.1. The van der Waals surface area contributed by atoms with Crippen molar-refractivity contribution in [3.05, 3.63) is 45.0 Å². The molecule has 1 atom stereocenters. The second kappa shape index (κ2) is 7.94. The molecular weight excluding hydrogens is 460 g/mol. The number of fused-ring (bicyclic) bond motifs is 2. The molecule has 0 spiro atoms. The first-order chi connectivity index (χ1) is 12.7. The third-order valence-electron chi connectivity index (χ3n) is 4.49. The molecule has 0 radical (unpaired) electrons. The highest BCUT2D eigenvalue weighted by Gasteiger charge is 2.21. The topological polar surface area (TPSA) is 77.7 Å². The second-order valence-corrected chi connectivity index (χ2v) is 8.08. The number of rotatable bonds is 6. The van der Waals surface area contributed by atoms with Crippen LogP contribution in [0.3, 0.4) is 0 Å². The van der Waals surface area contributed by atoms with E-state index in [4.69, 9.17) is 0 Å². The number of hydrogen-bond acceptors (Lipinski definition) is 5. The summed E-state index contributed by atoms with van der Waals surface area (Å²) in [6.45, 7) is 2.78. The van der Waals surface area contributed by atoms with Crippen LogP contribution in [-0.2, 0) is 0 Å². The lowest BCUT2D eigenvalue weighted by Crippen LogP contribution is -2.30. The predicted molar refractivity (Wildman–Crippen MR) is 113 cm³/mol. The lowest BCUT2D eigenvalue weighted by atomic mass is 9.98. The van der Waals surface area contributed by atoms with Crippen LogP contribution in [0.5, 0.6) is 0 Å². The van der Waals surface area contributed by atoms with Crippen LogP contribution in [0.15, 0.2) is 39.4 Å². The molecule has 0 unspecified atom stereocenters. The summed E-state index contributed by atoms with van der Waals surface area (Å²) in [5, 5.41) is 10.5. The molecule has 0 aliphatic carbocycles. The summed E-state index contributed by atoms with van der Waals surface area (Å²) in [7, 11) is 0. The van der Waals surface area contributed by atoms with Gasteiger partial charge in [0, 0.05) is 34.3 Å². The molecule has 0 saturated carbocycles. The molecule has 0 bridgehead atoms. The molecule has 6 nitrogen and oxygen atoms in total. The van der Waals surface area contributed by atoms with Crippen LogP contribution < -0.4 is 16.0 Å². The Morgan fingerprint density at radius 2 is 2.15 bits per heavy atom. The summed E-state index contributed by atoms with van der Waals surface area (Å²) in [6, 6.07) is 8.54. The fourth-order valence-electron chi connectivity index (χ4n) is 3.26. The summed E-state index contributed by atoms with van der Waals surface area (Å²) in [6.07, 6.45) is 3.85. The van der Waals surface area contributed by atoms with Gasteiger partial charge >= 0.3 is 0 Å². The van der Waals surface area contributed by atoms with E-state index in [9.17, 15) is 0 Å². The molecule has 2 aromatic heterocycles. The van der Waals surface area contributed by atoms with Gasteiger partial charge in [-0.05, 0) is 65.1 Å². The first-order valence-electron chi connectivity index (χ1n) is 8.71. The summed E-state index contributed by atoms with van der Waals surface area (Å²) in [4.78, 5) is 11.9. The molecule has 8 heteroatoms. The van der Waals surface area contributed by atoms with E-state index in [1.54, 1.807) is 6.20 Å². The molecule has 1 aliphatic rings. The maximum Gasteiger partial charge on any atom is 0.202 e. The van der Waals surface area contributed by atoms with Gasteiger partial charge in [0.05, 0.1) is 11.2 Å². The van der Waals surface area contributed by atoms with E-state index in [2.05, 4.69) is 74.9 Å². The van der Waals surface area contributed by atoms with Gasteiger partial charge in [0.15, 0.2) is 5.65 Å². The number of H-pyrrole nitrogens is 1. The number of nitrogens with zero attached hydrogens (tertiary/aromatic N) is 2. The number of hydrogen-bond donors (Lipinski definition) is 4. The van der Waals surface area contributed by atoms with Crippen LogP contribution >= 0.6 is 31.9 Å². The Hall–Kier alpha value is -1.64. The van der Waals surface area contributed by atoms with Gasteiger partial charge < -0.3 is 20.9 Å². The number of nitrogens with one attached hydrogen (secondary N) is 4. The van der Waals surface area contributed by atoms with Gasteiger partial charge in [-0.2, -0.15) is 4.98 Å². The van der Waals surface area contributed by atoms with Crippen LogP contribution in [0.4, 0.5) is 11.6 Å². The molecule has 1 aromatic carbocycles. The predicted octanol–water partition coefficient (Wildman–Crippen LogP) is 4.43. The first-order valence-corrected chi connectivity index (χ1v) is 10.3. The maximum absolute atomic E-state index is 4.43. The van der Waals surface area contributed by atoms with E-state index >= 15 is 0 Å². The molecule has 4 N–H and O–H groups in total. The monoisotopic (exact) mass is 478 g/mol. The quantitative estimate of drug-likeness (QED) is 0.393. The lowest BCUT2D eigenvalue weighted by molar-refractivity contribution is 0.497. The van der Waals surface area contributed by atoms with Crippen molar-refractivity contribution in [3.8, 4) is 0 Å². The Labute approximate surface area is 168 Å². The molecule has 136 valence electrons. The molecule has 3 heterocycles. The highest BCUT2D eigenvalue weighted by molar-refractivity contribution is 9.11. The Bertz CT molecular complexity index is 877. The minimum atomic E-state index is 0.371. The fourth-order valence-corrected chi connectivity index (χ4v) is 4.66.